The number of amides is 1. The topological polar surface area (TPSA) is 76.2 Å². The van der Waals surface area contributed by atoms with Gasteiger partial charge < -0.3 is 14.8 Å². The summed E-state index contributed by atoms with van der Waals surface area (Å²) >= 11 is 5.85. The molecule has 30 heavy (non-hydrogen) atoms. The lowest BCUT2D eigenvalue weighted by Crippen LogP contribution is -2.20. The van der Waals surface area contributed by atoms with E-state index in [-0.39, 0.29) is 12.5 Å². The number of aromatic nitrogens is 2. The first-order chi connectivity index (χ1) is 14.6. The van der Waals surface area contributed by atoms with Gasteiger partial charge >= 0.3 is 0 Å². The summed E-state index contributed by atoms with van der Waals surface area (Å²) < 4.78 is 11.2. The minimum atomic E-state index is -0.302. The van der Waals surface area contributed by atoms with Crippen LogP contribution in [0.15, 0.2) is 66.7 Å². The van der Waals surface area contributed by atoms with E-state index in [2.05, 4.69) is 15.5 Å². The van der Waals surface area contributed by atoms with Crippen molar-refractivity contribution in [1.82, 2.24) is 10.2 Å². The standard InChI is InChI=1S/C23H20ClN3O3/c1-2-29-21-6-4-3-5-18(21)15-7-12-19-20(13-15)26-27-23(19)25-22(28)14-30-17-10-8-16(24)9-11-17/h3-13H,2,14H2,1H3,(H2,25,26,27,28). The lowest BCUT2D eigenvalue weighted by molar-refractivity contribution is -0.118. The van der Waals surface area contributed by atoms with Gasteiger partial charge in [-0.25, -0.2) is 0 Å². The number of para-hydroxylation sites is 1. The molecule has 2 N–H and O–H groups in total. The zero-order chi connectivity index (χ0) is 20.9. The number of hydrogen-bond donors (Lipinski definition) is 2. The molecule has 3 aromatic carbocycles. The van der Waals surface area contributed by atoms with Crippen molar-refractivity contribution in [2.45, 2.75) is 6.92 Å². The first-order valence-corrected chi connectivity index (χ1v) is 9.90. The summed E-state index contributed by atoms with van der Waals surface area (Å²) in [4.78, 5) is 12.3. The van der Waals surface area contributed by atoms with E-state index in [4.69, 9.17) is 21.1 Å². The molecular weight excluding hydrogens is 402 g/mol. The number of fused-ring (bicyclic) bond motifs is 1. The van der Waals surface area contributed by atoms with Crippen LogP contribution in [-0.4, -0.2) is 29.3 Å². The van der Waals surface area contributed by atoms with Gasteiger partial charge in [0.15, 0.2) is 12.4 Å². The van der Waals surface area contributed by atoms with Crippen molar-refractivity contribution in [3.05, 3.63) is 71.8 Å². The Morgan fingerprint density at radius 3 is 2.67 bits per heavy atom. The Morgan fingerprint density at radius 2 is 1.87 bits per heavy atom. The fraction of sp³-hybridized carbons (Fsp3) is 0.130. The highest BCUT2D eigenvalue weighted by atomic mass is 35.5. The van der Waals surface area contributed by atoms with Gasteiger partial charge in [0.2, 0.25) is 0 Å². The van der Waals surface area contributed by atoms with Gasteiger partial charge in [0, 0.05) is 16.0 Å². The molecule has 0 atom stereocenters. The molecule has 0 aliphatic rings. The summed E-state index contributed by atoms with van der Waals surface area (Å²) in [5.41, 5.74) is 2.81. The van der Waals surface area contributed by atoms with E-state index >= 15 is 0 Å². The molecular formula is C23H20ClN3O3. The number of carbonyl (C=O) groups excluding carboxylic acids is 1. The van der Waals surface area contributed by atoms with E-state index in [0.717, 1.165) is 27.8 Å². The Hall–Kier alpha value is -3.51. The molecule has 7 heteroatoms. The van der Waals surface area contributed by atoms with Gasteiger partial charge in [-0.15, -0.1) is 0 Å². The Bertz CT molecular complexity index is 1170. The van der Waals surface area contributed by atoms with Crippen LogP contribution in [0.2, 0.25) is 5.02 Å². The molecule has 0 fully saturated rings. The highest BCUT2D eigenvalue weighted by Crippen LogP contribution is 2.32. The molecule has 0 saturated carbocycles. The minimum Gasteiger partial charge on any atom is -0.493 e. The van der Waals surface area contributed by atoms with Crippen LogP contribution in [-0.2, 0) is 4.79 Å². The third-order valence-corrected chi connectivity index (χ3v) is 4.75. The van der Waals surface area contributed by atoms with E-state index in [0.29, 0.717) is 23.2 Å². The molecule has 4 rings (SSSR count). The largest absolute Gasteiger partial charge is 0.493 e. The number of ether oxygens (including phenoxy) is 2. The molecule has 0 radical (unpaired) electrons. The van der Waals surface area contributed by atoms with E-state index in [1.165, 1.54) is 0 Å². The molecule has 1 heterocycles. The summed E-state index contributed by atoms with van der Waals surface area (Å²) in [7, 11) is 0. The lowest BCUT2D eigenvalue weighted by atomic mass is 10.0. The first kappa shape index (κ1) is 19.8. The molecule has 0 unspecified atom stereocenters. The highest BCUT2D eigenvalue weighted by Gasteiger charge is 2.12. The molecule has 1 amide bonds. The molecule has 0 aliphatic heterocycles. The molecule has 6 nitrogen and oxygen atoms in total. The monoisotopic (exact) mass is 421 g/mol. The lowest BCUT2D eigenvalue weighted by Gasteiger charge is -2.10. The van der Waals surface area contributed by atoms with Crippen molar-refractivity contribution in [3.8, 4) is 22.6 Å². The number of hydrogen-bond acceptors (Lipinski definition) is 4. The Balaban J connectivity index is 1.48. The molecule has 0 aliphatic carbocycles. The smallest absolute Gasteiger partial charge is 0.263 e. The van der Waals surface area contributed by atoms with Crippen LogP contribution in [0.3, 0.4) is 0 Å². The van der Waals surface area contributed by atoms with Crippen molar-refractivity contribution < 1.29 is 14.3 Å². The van der Waals surface area contributed by atoms with Crippen LogP contribution in [0.5, 0.6) is 11.5 Å². The summed E-state index contributed by atoms with van der Waals surface area (Å²) in [5.74, 6) is 1.55. The molecule has 4 aromatic rings. The van der Waals surface area contributed by atoms with Gasteiger partial charge in [0.25, 0.3) is 5.91 Å². The van der Waals surface area contributed by atoms with Crippen molar-refractivity contribution >= 4 is 34.2 Å². The Kier molecular flexibility index (Phi) is 5.86. The Morgan fingerprint density at radius 1 is 1.07 bits per heavy atom. The second-order valence-electron chi connectivity index (χ2n) is 6.55. The third-order valence-electron chi connectivity index (χ3n) is 4.50. The number of H-pyrrole nitrogens is 1. The predicted octanol–water partition coefficient (Wildman–Crippen LogP) is 5.30. The number of rotatable bonds is 7. The zero-order valence-corrected chi connectivity index (χ0v) is 17.1. The molecule has 0 saturated heterocycles. The maximum absolute atomic E-state index is 12.3. The van der Waals surface area contributed by atoms with Crippen LogP contribution in [0.25, 0.3) is 22.0 Å². The average molecular weight is 422 g/mol. The van der Waals surface area contributed by atoms with Crippen molar-refractivity contribution in [2.75, 3.05) is 18.5 Å². The van der Waals surface area contributed by atoms with Gasteiger partial charge in [-0.05, 0) is 55.0 Å². The van der Waals surface area contributed by atoms with Crippen molar-refractivity contribution in [3.63, 3.8) is 0 Å². The van der Waals surface area contributed by atoms with Crippen LogP contribution >= 0.6 is 11.6 Å². The Labute approximate surface area is 178 Å². The van der Waals surface area contributed by atoms with Crippen LogP contribution in [0.4, 0.5) is 5.82 Å². The first-order valence-electron chi connectivity index (χ1n) is 9.52. The maximum atomic E-state index is 12.3. The van der Waals surface area contributed by atoms with E-state index in [9.17, 15) is 4.79 Å². The summed E-state index contributed by atoms with van der Waals surface area (Å²) in [5, 5.41) is 11.4. The fourth-order valence-electron chi connectivity index (χ4n) is 3.12. The minimum absolute atomic E-state index is 0.129. The quantitative estimate of drug-likeness (QED) is 0.424. The van der Waals surface area contributed by atoms with Gasteiger partial charge in [0.05, 0.1) is 12.1 Å². The van der Waals surface area contributed by atoms with Crippen molar-refractivity contribution in [2.24, 2.45) is 0 Å². The second-order valence-corrected chi connectivity index (χ2v) is 6.99. The van der Waals surface area contributed by atoms with Gasteiger partial charge in [0.1, 0.15) is 11.5 Å². The number of halogens is 1. The summed E-state index contributed by atoms with van der Waals surface area (Å²) in [6.45, 7) is 2.42. The second kappa shape index (κ2) is 8.88. The normalized spacial score (nSPS) is 10.7. The predicted molar refractivity (Wildman–Crippen MR) is 118 cm³/mol. The number of benzene rings is 3. The van der Waals surface area contributed by atoms with E-state index in [1.807, 2.05) is 49.4 Å². The average Bonchev–Trinajstić information content (AvgIpc) is 3.16. The van der Waals surface area contributed by atoms with Gasteiger partial charge in [-0.1, -0.05) is 35.9 Å². The fourth-order valence-corrected chi connectivity index (χ4v) is 3.24. The number of anilines is 1. The number of carbonyl (C=O) groups is 1. The molecule has 0 spiro atoms. The third kappa shape index (κ3) is 4.39. The summed E-state index contributed by atoms with van der Waals surface area (Å²) in [6.07, 6.45) is 0. The molecule has 152 valence electrons. The maximum Gasteiger partial charge on any atom is 0.263 e. The van der Waals surface area contributed by atoms with Crippen molar-refractivity contribution in [1.29, 1.82) is 0 Å². The van der Waals surface area contributed by atoms with E-state index < -0.39 is 0 Å². The highest BCUT2D eigenvalue weighted by molar-refractivity contribution is 6.30. The molecule has 1 aromatic heterocycles. The number of nitrogens with one attached hydrogen (secondary N) is 2. The SMILES string of the molecule is CCOc1ccccc1-c1ccc2c(NC(=O)COc3ccc(Cl)cc3)n[nH]c2c1. The zero-order valence-electron chi connectivity index (χ0n) is 16.3. The molecule has 0 bridgehead atoms. The van der Waals surface area contributed by atoms with Crippen LogP contribution in [0, 0.1) is 0 Å². The van der Waals surface area contributed by atoms with Gasteiger partial charge in [-0.2, -0.15) is 5.10 Å². The van der Waals surface area contributed by atoms with E-state index in [1.54, 1.807) is 24.3 Å². The van der Waals surface area contributed by atoms with Gasteiger partial charge in [-0.3, -0.25) is 9.89 Å². The summed E-state index contributed by atoms with van der Waals surface area (Å²) in [6, 6.07) is 20.6. The number of nitrogens with zero attached hydrogens (tertiary/aromatic N) is 1. The van der Waals surface area contributed by atoms with Crippen LogP contribution in [0.1, 0.15) is 6.92 Å². The van der Waals surface area contributed by atoms with Crippen LogP contribution < -0.4 is 14.8 Å². The number of aromatic amines is 1.